The molecule has 4 rings (SSSR count). The van der Waals surface area contributed by atoms with Crippen LogP contribution in [0.3, 0.4) is 0 Å². The lowest BCUT2D eigenvalue weighted by Crippen LogP contribution is -2.57. The highest BCUT2D eigenvalue weighted by molar-refractivity contribution is 5.85. The molecule has 4 aliphatic rings. The Labute approximate surface area is 137 Å². The molecule has 0 aromatic heterocycles. The highest BCUT2D eigenvalue weighted by Gasteiger charge is 2.42. The number of carbonyl (C=O) groups is 2. The number of amides is 2. The van der Waals surface area contributed by atoms with E-state index in [-0.39, 0.29) is 25.0 Å². The van der Waals surface area contributed by atoms with Crippen LogP contribution in [-0.4, -0.2) is 84.5 Å². The standard InChI is InChI=1S/C17H27N3O3/c21-16(11-19-8-9-23-12-17(19)22)18-7-5-15-13(10-18)2-1-6-20(15)14-3-4-14/h13-15H,1-12H2/t13-,15+/m0/s1. The molecule has 3 aliphatic heterocycles. The third-order valence-corrected chi connectivity index (χ3v) is 5.89. The van der Waals surface area contributed by atoms with Gasteiger partial charge in [0, 0.05) is 31.7 Å². The van der Waals surface area contributed by atoms with Gasteiger partial charge in [-0.1, -0.05) is 0 Å². The van der Waals surface area contributed by atoms with E-state index >= 15 is 0 Å². The monoisotopic (exact) mass is 321 g/mol. The summed E-state index contributed by atoms with van der Waals surface area (Å²) in [5.74, 6) is 0.682. The van der Waals surface area contributed by atoms with Crippen molar-refractivity contribution in [3.63, 3.8) is 0 Å². The normalized spacial score (nSPS) is 32.8. The third-order valence-electron chi connectivity index (χ3n) is 5.89. The van der Waals surface area contributed by atoms with E-state index in [9.17, 15) is 9.59 Å². The first-order valence-corrected chi connectivity index (χ1v) is 9.11. The predicted molar refractivity (Wildman–Crippen MR) is 84.8 cm³/mol. The van der Waals surface area contributed by atoms with Gasteiger partial charge in [0.05, 0.1) is 13.2 Å². The lowest BCUT2D eigenvalue weighted by atomic mass is 9.83. The summed E-state index contributed by atoms with van der Waals surface area (Å²) < 4.78 is 5.13. The van der Waals surface area contributed by atoms with Gasteiger partial charge >= 0.3 is 0 Å². The van der Waals surface area contributed by atoms with Crippen LogP contribution in [0.5, 0.6) is 0 Å². The average Bonchev–Trinajstić information content (AvgIpc) is 3.40. The highest BCUT2D eigenvalue weighted by atomic mass is 16.5. The molecule has 3 saturated heterocycles. The second-order valence-electron chi connectivity index (χ2n) is 7.43. The summed E-state index contributed by atoms with van der Waals surface area (Å²) in [6.07, 6.45) is 6.34. The number of fused-ring (bicyclic) bond motifs is 1. The zero-order valence-electron chi connectivity index (χ0n) is 13.8. The molecule has 0 aromatic carbocycles. The summed E-state index contributed by atoms with van der Waals surface area (Å²) in [6.45, 7) is 4.41. The van der Waals surface area contributed by atoms with Crippen molar-refractivity contribution >= 4 is 11.8 Å². The minimum absolute atomic E-state index is 0.0583. The molecule has 6 nitrogen and oxygen atoms in total. The number of morpholine rings is 1. The van der Waals surface area contributed by atoms with Gasteiger partial charge in [0.2, 0.25) is 11.8 Å². The molecular formula is C17H27N3O3. The van der Waals surface area contributed by atoms with E-state index in [1.165, 1.54) is 32.2 Å². The summed E-state index contributed by atoms with van der Waals surface area (Å²) >= 11 is 0. The molecule has 3 heterocycles. The van der Waals surface area contributed by atoms with Crippen molar-refractivity contribution in [2.75, 3.05) is 45.9 Å². The highest BCUT2D eigenvalue weighted by Crippen LogP contribution is 2.38. The Morgan fingerprint density at radius 3 is 2.78 bits per heavy atom. The van der Waals surface area contributed by atoms with E-state index in [4.69, 9.17) is 4.74 Å². The van der Waals surface area contributed by atoms with E-state index in [2.05, 4.69) is 4.90 Å². The van der Waals surface area contributed by atoms with Crippen molar-refractivity contribution in [3.05, 3.63) is 0 Å². The van der Waals surface area contributed by atoms with Crippen LogP contribution in [-0.2, 0) is 14.3 Å². The Hall–Kier alpha value is -1.14. The minimum Gasteiger partial charge on any atom is -0.370 e. The lowest BCUT2D eigenvalue weighted by molar-refractivity contribution is -0.149. The van der Waals surface area contributed by atoms with Crippen LogP contribution in [0.2, 0.25) is 0 Å². The van der Waals surface area contributed by atoms with Gasteiger partial charge in [0.15, 0.2) is 0 Å². The summed E-state index contributed by atoms with van der Waals surface area (Å²) in [5.41, 5.74) is 0. The van der Waals surface area contributed by atoms with Gasteiger partial charge in [-0.3, -0.25) is 14.5 Å². The Morgan fingerprint density at radius 1 is 1.13 bits per heavy atom. The molecule has 0 spiro atoms. The van der Waals surface area contributed by atoms with Gasteiger partial charge in [-0.2, -0.15) is 0 Å². The van der Waals surface area contributed by atoms with Gasteiger partial charge < -0.3 is 14.5 Å². The van der Waals surface area contributed by atoms with Gasteiger partial charge in [-0.05, 0) is 44.6 Å². The Kier molecular flexibility index (Phi) is 4.28. The number of likely N-dealkylation sites (tertiary alicyclic amines) is 2. The van der Waals surface area contributed by atoms with E-state index in [0.717, 1.165) is 25.6 Å². The van der Waals surface area contributed by atoms with Crippen molar-refractivity contribution in [1.82, 2.24) is 14.7 Å². The fraction of sp³-hybridized carbons (Fsp3) is 0.882. The number of piperidine rings is 2. The van der Waals surface area contributed by atoms with Crippen molar-refractivity contribution in [1.29, 1.82) is 0 Å². The maximum atomic E-state index is 12.6. The Bertz CT molecular complexity index is 480. The maximum absolute atomic E-state index is 12.6. The fourth-order valence-electron chi connectivity index (χ4n) is 4.51. The minimum atomic E-state index is -0.0583. The number of rotatable bonds is 3. The number of ether oxygens (including phenoxy) is 1. The zero-order valence-corrected chi connectivity index (χ0v) is 13.8. The van der Waals surface area contributed by atoms with Crippen molar-refractivity contribution < 1.29 is 14.3 Å². The molecule has 0 aromatic rings. The second kappa shape index (κ2) is 6.40. The van der Waals surface area contributed by atoms with Crippen LogP contribution in [0.4, 0.5) is 0 Å². The third kappa shape index (κ3) is 3.24. The molecule has 0 bridgehead atoms. The molecule has 128 valence electrons. The van der Waals surface area contributed by atoms with Gasteiger partial charge in [-0.15, -0.1) is 0 Å². The quantitative estimate of drug-likeness (QED) is 0.751. The summed E-state index contributed by atoms with van der Waals surface area (Å²) in [6, 6.07) is 1.52. The summed E-state index contributed by atoms with van der Waals surface area (Å²) in [7, 11) is 0. The molecule has 23 heavy (non-hydrogen) atoms. The van der Waals surface area contributed by atoms with E-state index in [1.54, 1.807) is 4.90 Å². The zero-order chi connectivity index (χ0) is 15.8. The lowest BCUT2D eigenvalue weighted by Gasteiger charge is -2.47. The molecule has 4 fully saturated rings. The van der Waals surface area contributed by atoms with Gasteiger partial charge in [0.1, 0.15) is 6.61 Å². The molecule has 1 saturated carbocycles. The molecule has 0 N–H and O–H groups in total. The maximum Gasteiger partial charge on any atom is 0.249 e. The summed E-state index contributed by atoms with van der Waals surface area (Å²) in [5, 5.41) is 0. The number of carbonyl (C=O) groups excluding carboxylic acids is 2. The van der Waals surface area contributed by atoms with Crippen LogP contribution in [0, 0.1) is 5.92 Å². The number of nitrogens with zero attached hydrogens (tertiary/aromatic N) is 3. The van der Waals surface area contributed by atoms with Crippen LogP contribution in [0.1, 0.15) is 32.1 Å². The first-order valence-electron chi connectivity index (χ1n) is 9.11. The Morgan fingerprint density at radius 2 is 2.00 bits per heavy atom. The van der Waals surface area contributed by atoms with E-state index in [1.807, 2.05) is 4.90 Å². The number of hydrogen-bond donors (Lipinski definition) is 0. The molecule has 6 heteroatoms. The van der Waals surface area contributed by atoms with E-state index in [0.29, 0.717) is 25.1 Å². The SMILES string of the molecule is O=C1COCCN1CC(=O)N1CC[C@@H]2[C@@H](CCCN2C2CC2)C1. The average molecular weight is 321 g/mol. The first-order chi connectivity index (χ1) is 11.2. The van der Waals surface area contributed by atoms with Crippen molar-refractivity contribution in [2.45, 2.75) is 44.2 Å². The molecule has 0 unspecified atom stereocenters. The van der Waals surface area contributed by atoms with Gasteiger partial charge in [0.25, 0.3) is 0 Å². The largest absolute Gasteiger partial charge is 0.370 e. The molecule has 2 atom stereocenters. The smallest absolute Gasteiger partial charge is 0.249 e. The Balaban J connectivity index is 1.34. The van der Waals surface area contributed by atoms with Crippen LogP contribution in [0.25, 0.3) is 0 Å². The predicted octanol–water partition coefficient (Wildman–Crippen LogP) is 0.321. The molecule has 0 radical (unpaired) electrons. The topological polar surface area (TPSA) is 53.1 Å². The van der Waals surface area contributed by atoms with Crippen molar-refractivity contribution in [3.8, 4) is 0 Å². The first kappa shape index (κ1) is 15.4. The van der Waals surface area contributed by atoms with E-state index < -0.39 is 0 Å². The van der Waals surface area contributed by atoms with Crippen LogP contribution < -0.4 is 0 Å². The van der Waals surface area contributed by atoms with Crippen LogP contribution >= 0.6 is 0 Å². The van der Waals surface area contributed by atoms with Crippen molar-refractivity contribution in [2.24, 2.45) is 5.92 Å². The molecule has 1 aliphatic carbocycles. The molecular weight excluding hydrogens is 294 g/mol. The number of hydrogen-bond acceptors (Lipinski definition) is 4. The van der Waals surface area contributed by atoms with Gasteiger partial charge in [-0.25, -0.2) is 0 Å². The molecule has 2 amide bonds. The van der Waals surface area contributed by atoms with Crippen LogP contribution in [0.15, 0.2) is 0 Å². The summed E-state index contributed by atoms with van der Waals surface area (Å²) in [4.78, 5) is 30.8. The second-order valence-corrected chi connectivity index (χ2v) is 7.43. The fourth-order valence-corrected chi connectivity index (χ4v) is 4.51.